The van der Waals surface area contributed by atoms with Crippen LogP contribution < -0.4 is 5.32 Å². The molecule has 0 aromatic carbocycles. The summed E-state index contributed by atoms with van der Waals surface area (Å²) >= 11 is 0. The Bertz CT molecular complexity index is 455. The molecule has 1 fully saturated rings. The van der Waals surface area contributed by atoms with Crippen molar-refractivity contribution in [1.82, 2.24) is 4.98 Å². The lowest BCUT2D eigenvalue weighted by molar-refractivity contribution is 0.0896. The van der Waals surface area contributed by atoms with Crippen LogP contribution in [0.1, 0.15) is 12.8 Å². The second-order valence-corrected chi connectivity index (χ2v) is 4.78. The van der Waals surface area contributed by atoms with Gasteiger partial charge in [0.1, 0.15) is 5.69 Å². The highest BCUT2D eigenvalue weighted by molar-refractivity contribution is 5.45. The van der Waals surface area contributed by atoms with E-state index in [9.17, 15) is 17.6 Å². The fourth-order valence-corrected chi connectivity index (χ4v) is 1.99. The van der Waals surface area contributed by atoms with E-state index in [1.165, 1.54) is 0 Å². The van der Waals surface area contributed by atoms with Gasteiger partial charge in [0.15, 0.2) is 0 Å². The van der Waals surface area contributed by atoms with E-state index in [0.717, 1.165) is 13.0 Å². The van der Waals surface area contributed by atoms with Gasteiger partial charge in [0, 0.05) is 25.7 Å². The van der Waals surface area contributed by atoms with Crippen LogP contribution in [-0.4, -0.2) is 38.0 Å². The second kappa shape index (κ2) is 7.56. The van der Waals surface area contributed by atoms with E-state index in [1.807, 2.05) is 0 Å². The smallest absolute Gasteiger partial charge is 0.253 e. The molecule has 1 N–H and O–H groups in total. The number of aromatic nitrogens is 1. The van der Waals surface area contributed by atoms with Gasteiger partial charge in [0.25, 0.3) is 11.9 Å². The molecule has 2 heterocycles. The quantitative estimate of drug-likeness (QED) is 0.477. The highest BCUT2D eigenvalue weighted by Crippen LogP contribution is 2.21. The van der Waals surface area contributed by atoms with Crippen molar-refractivity contribution in [3.63, 3.8) is 0 Å². The van der Waals surface area contributed by atoms with Gasteiger partial charge in [-0.1, -0.05) is 0 Å². The molecule has 0 radical (unpaired) electrons. The van der Waals surface area contributed by atoms with Crippen LogP contribution in [0.15, 0.2) is 0 Å². The maximum absolute atomic E-state index is 13.3. The SMILES string of the molecule is Fc1nc(F)c(F)c(NCCCOCC2CCOC2)c1F. The van der Waals surface area contributed by atoms with Gasteiger partial charge in [-0.05, 0) is 12.8 Å². The zero-order valence-corrected chi connectivity index (χ0v) is 11.3. The first-order chi connectivity index (χ1) is 10.1. The highest BCUT2D eigenvalue weighted by atomic mass is 19.2. The summed E-state index contributed by atoms with van der Waals surface area (Å²) in [7, 11) is 0. The van der Waals surface area contributed by atoms with Crippen molar-refractivity contribution in [1.29, 1.82) is 0 Å². The van der Waals surface area contributed by atoms with Crippen molar-refractivity contribution in [2.75, 3.05) is 38.3 Å². The van der Waals surface area contributed by atoms with E-state index < -0.39 is 29.2 Å². The van der Waals surface area contributed by atoms with Crippen molar-refractivity contribution < 1.29 is 27.0 Å². The molecule has 0 aliphatic carbocycles. The molecule has 1 atom stereocenters. The maximum Gasteiger partial charge on any atom is 0.253 e. The number of pyridine rings is 1. The first-order valence-corrected chi connectivity index (χ1v) is 6.69. The van der Waals surface area contributed by atoms with Gasteiger partial charge >= 0.3 is 0 Å². The summed E-state index contributed by atoms with van der Waals surface area (Å²) in [5, 5.41) is 2.32. The molecule has 8 heteroatoms. The third kappa shape index (κ3) is 4.28. The summed E-state index contributed by atoms with van der Waals surface area (Å²) in [6, 6.07) is 0. The van der Waals surface area contributed by atoms with Gasteiger partial charge in [-0.15, -0.1) is 0 Å². The predicted octanol–water partition coefficient (Wildman–Crippen LogP) is 2.49. The Labute approximate surface area is 119 Å². The van der Waals surface area contributed by atoms with Crippen LogP contribution in [0.25, 0.3) is 0 Å². The Hall–Kier alpha value is -1.41. The number of anilines is 1. The lowest BCUT2D eigenvalue weighted by atomic mass is 10.1. The monoisotopic (exact) mass is 308 g/mol. The molecule has 0 spiro atoms. The van der Waals surface area contributed by atoms with E-state index in [4.69, 9.17) is 9.47 Å². The minimum atomic E-state index is -1.67. The molecular formula is C13H16F4N2O2. The first-order valence-electron chi connectivity index (χ1n) is 6.69. The number of nitrogens with zero attached hydrogens (tertiary/aromatic N) is 1. The van der Waals surface area contributed by atoms with Crippen LogP contribution in [0.4, 0.5) is 23.2 Å². The Balaban J connectivity index is 1.71. The van der Waals surface area contributed by atoms with Gasteiger partial charge in [0.05, 0.1) is 13.2 Å². The number of ether oxygens (including phenoxy) is 2. The van der Waals surface area contributed by atoms with Crippen molar-refractivity contribution in [2.45, 2.75) is 12.8 Å². The van der Waals surface area contributed by atoms with Crippen molar-refractivity contribution >= 4 is 5.69 Å². The average Bonchev–Trinajstić information content (AvgIpc) is 2.97. The number of hydrogen-bond acceptors (Lipinski definition) is 4. The number of hydrogen-bond donors (Lipinski definition) is 1. The van der Waals surface area contributed by atoms with Crippen LogP contribution in [0, 0.1) is 29.4 Å². The molecule has 2 rings (SSSR count). The Morgan fingerprint density at radius 2 is 1.90 bits per heavy atom. The number of halogens is 4. The average molecular weight is 308 g/mol. The first kappa shape index (κ1) is 16.0. The van der Waals surface area contributed by atoms with Crippen LogP contribution in [0.2, 0.25) is 0 Å². The van der Waals surface area contributed by atoms with Gasteiger partial charge in [-0.3, -0.25) is 0 Å². The van der Waals surface area contributed by atoms with Crippen LogP contribution >= 0.6 is 0 Å². The summed E-state index contributed by atoms with van der Waals surface area (Å²) in [5.41, 5.74) is -0.843. The van der Waals surface area contributed by atoms with Crippen molar-refractivity contribution in [2.24, 2.45) is 5.92 Å². The molecular weight excluding hydrogens is 292 g/mol. The van der Waals surface area contributed by atoms with E-state index in [-0.39, 0.29) is 6.54 Å². The molecule has 1 aromatic rings. The third-order valence-corrected chi connectivity index (χ3v) is 3.14. The second-order valence-electron chi connectivity index (χ2n) is 4.78. The Morgan fingerprint density at radius 3 is 2.52 bits per heavy atom. The van der Waals surface area contributed by atoms with Crippen molar-refractivity contribution in [3.05, 3.63) is 23.5 Å². The molecule has 118 valence electrons. The normalized spacial score (nSPS) is 18.2. The van der Waals surface area contributed by atoms with Crippen LogP contribution in [0.3, 0.4) is 0 Å². The van der Waals surface area contributed by atoms with Crippen LogP contribution in [-0.2, 0) is 9.47 Å². The van der Waals surface area contributed by atoms with E-state index in [1.54, 1.807) is 0 Å². The topological polar surface area (TPSA) is 43.4 Å². The summed E-state index contributed by atoms with van der Waals surface area (Å²) < 4.78 is 62.8. The minimum absolute atomic E-state index is 0.123. The van der Waals surface area contributed by atoms with E-state index in [2.05, 4.69) is 10.3 Å². The summed E-state index contributed by atoms with van der Waals surface area (Å²) in [5.74, 6) is -6.02. The zero-order chi connectivity index (χ0) is 15.2. The fourth-order valence-electron chi connectivity index (χ4n) is 1.99. The minimum Gasteiger partial charge on any atom is -0.381 e. The van der Waals surface area contributed by atoms with E-state index in [0.29, 0.717) is 32.2 Å². The molecule has 21 heavy (non-hydrogen) atoms. The molecule has 1 unspecified atom stereocenters. The largest absolute Gasteiger partial charge is 0.381 e. The molecule has 1 aromatic heterocycles. The molecule has 4 nitrogen and oxygen atoms in total. The standard InChI is InChI=1S/C13H16F4N2O2/c14-9-11(10(15)13(17)19-12(9)16)18-3-1-4-20-6-8-2-5-21-7-8/h8H,1-7H2,(H,18,19). The molecule has 1 aliphatic rings. The fraction of sp³-hybridized carbons (Fsp3) is 0.615. The lowest BCUT2D eigenvalue weighted by Crippen LogP contribution is -2.14. The van der Waals surface area contributed by atoms with Gasteiger partial charge in [-0.25, -0.2) is 0 Å². The van der Waals surface area contributed by atoms with Crippen LogP contribution in [0.5, 0.6) is 0 Å². The number of rotatable bonds is 7. The zero-order valence-electron chi connectivity index (χ0n) is 11.3. The van der Waals surface area contributed by atoms with E-state index >= 15 is 0 Å². The summed E-state index contributed by atoms with van der Waals surface area (Å²) in [6.07, 6.45) is 1.41. The van der Waals surface area contributed by atoms with Gasteiger partial charge < -0.3 is 14.8 Å². The summed E-state index contributed by atoms with van der Waals surface area (Å²) in [4.78, 5) is 2.48. The maximum atomic E-state index is 13.3. The molecule has 0 amide bonds. The third-order valence-electron chi connectivity index (χ3n) is 3.14. The Kier molecular flexibility index (Phi) is 5.75. The Morgan fingerprint density at radius 1 is 1.19 bits per heavy atom. The molecule has 1 saturated heterocycles. The predicted molar refractivity (Wildman–Crippen MR) is 66.9 cm³/mol. The number of nitrogens with one attached hydrogen (secondary N) is 1. The molecule has 0 saturated carbocycles. The highest BCUT2D eigenvalue weighted by Gasteiger charge is 2.20. The van der Waals surface area contributed by atoms with Gasteiger partial charge in [0.2, 0.25) is 11.6 Å². The van der Waals surface area contributed by atoms with Gasteiger partial charge in [-0.2, -0.15) is 22.5 Å². The molecule has 0 bridgehead atoms. The summed E-state index contributed by atoms with van der Waals surface area (Å²) in [6.45, 7) is 2.50. The lowest BCUT2D eigenvalue weighted by Gasteiger charge is -2.11. The van der Waals surface area contributed by atoms with Crippen molar-refractivity contribution in [3.8, 4) is 0 Å². The molecule has 1 aliphatic heterocycles.